The number of rotatable bonds is 3. The quantitative estimate of drug-likeness (QED) is 0.801. The lowest BCUT2D eigenvalue weighted by atomic mass is 10.2. The first-order chi connectivity index (χ1) is 9.13. The van der Waals surface area contributed by atoms with Gasteiger partial charge in [-0.15, -0.1) is 11.3 Å². The van der Waals surface area contributed by atoms with Crippen LogP contribution in [0, 0.1) is 6.92 Å². The Morgan fingerprint density at radius 2 is 2.32 bits per heavy atom. The van der Waals surface area contributed by atoms with Gasteiger partial charge in [0, 0.05) is 5.69 Å². The molecule has 19 heavy (non-hydrogen) atoms. The van der Waals surface area contributed by atoms with Crippen molar-refractivity contribution in [2.45, 2.75) is 20.3 Å². The number of aromatic nitrogens is 2. The van der Waals surface area contributed by atoms with Crippen molar-refractivity contribution in [3.63, 3.8) is 0 Å². The Morgan fingerprint density at radius 3 is 2.89 bits per heavy atom. The highest BCUT2D eigenvalue weighted by Crippen LogP contribution is 2.33. The zero-order chi connectivity index (χ0) is 13.6. The number of nitrogens with zero attached hydrogens (tertiary/aromatic N) is 2. The van der Waals surface area contributed by atoms with Gasteiger partial charge in [-0.25, -0.2) is 9.78 Å². The fourth-order valence-electron chi connectivity index (χ4n) is 2.25. The minimum Gasteiger partial charge on any atom is -0.477 e. The van der Waals surface area contributed by atoms with Gasteiger partial charge in [0.1, 0.15) is 10.6 Å². The molecular formula is C13H12N2O2S2. The van der Waals surface area contributed by atoms with E-state index < -0.39 is 5.97 Å². The van der Waals surface area contributed by atoms with E-state index in [1.165, 1.54) is 11.3 Å². The predicted molar refractivity (Wildman–Crippen MR) is 77.5 cm³/mol. The largest absolute Gasteiger partial charge is 0.477 e. The maximum absolute atomic E-state index is 11.2. The highest BCUT2D eigenvalue weighted by Gasteiger charge is 2.21. The van der Waals surface area contributed by atoms with Crippen LogP contribution in [0.1, 0.15) is 28.0 Å². The molecule has 0 saturated carbocycles. The molecule has 0 aliphatic rings. The van der Waals surface area contributed by atoms with Crippen LogP contribution in [0.25, 0.3) is 15.5 Å². The summed E-state index contributed by atoms with van der Waals surface area (Å²) in [6.07, 6.45) is 0.824. The summed E-state index contributed by atoms with van der Waals surface area (Å²) >= 11 is 2.89. The zero-order valence-electron chi connectivity index (χ0n) is 10.5. The molecule has 4 nitrogen and oxygen atoms in total. The van der Waals surface area contributed by atoms with Gasteiger partial charge in [-0.2, -0.15) is 0 Å². The summed E-state index contributed by atoms with van der Waals surface area (Å²) in [4.78, 5) is 18.1. The Hall–Kier alpha value is -1.66. The van der Waals surface area contributed by atoms with Crippen LogP contribution in [0.15, 0.2) is 17.5 Å². The van der Waals surface area contributed by atoms with Crippen LogP contribution in [0.3, 0.4) is 0 Å². The highest BCUT2D eigenvalue weighted by molar-refractivity contribution is 7.19. The lowest BCUT2D eigenvalue weighted by molar-refractivity contribution is 0.0701. The van der Waals surface area contributed by atoms with E-state index in [-0.39, 0.29) is 0 Å². The molecule has 0 atom stereocenters. The molecule has 1 N–H and O–H groups in total. The van der Waals surface area contributed by atoms with E-state index in [0.717, 1.165) is 33.3 Å². The van der Waals surface area contributed by atoms with Crippen LogP contribution >= 0.6 is 22.7 Å². The minimum absolute atomic E-state index is 0.370. The molecule has 98 valence electrons. The van der Waals surface area contributed by atoms with Gasteiger partial charge in [-0.3, -0.25) is 4.40 Å². The molecule has 0 aliphatic carbocycles. The van der Waals surface area contributed by atoms with Gasteiger partial charge in [0.15, 0.2) is 4.96 Å². The summed E-state index contributed by atoms with van der Waals surface area (Å²) in [6.45, 7) is 3.91. The summed E-state index contributed by atoms with van der Waals surface area (Å²) in [7, 11) is 0. The van der Waals surface area contributed by atoms with Crippen LogP contribution in [0.4, 0.5) is 0 Å². The molecular weight excluding hydrogens is 280 g/mol. The normalized spacial score (nSPS) is 11.3. The van der Waals surface area contributed by atoms with Gasteiger partial charge in [0.05, 0.1) is 10.6 Å². The minimum atomic E-state index is -0.882. The standard InChI is InChI=1S/C13H12N2O2S2/c1-3-8-10(9-5-4-6-18-9)14-13-15(8)7(2)11(19-13)12(16)17/h4-6H,3H2,1-2H3,(H,16,17). The number of thiophene rings is 1. The number of fused-ring (bicyclic) bond motifs is 1. The number of carboxylic acid groups (broad SMARTS) is 1. The smallest absolute Gasteiger partial charge is 0.347 e. The van der Waals surface area contributed by atoms with Gasteiger partial charge in [0.25, 0.3) is 0 Å². The second kappa shape index (κ2) is 4.47. The first kappa shape index (κ1) is 12.4. The number of imidazole rings is 1. The summed E-state index contributed by atoms with van der Waals surface area (Å²) in [5, 5.41) is 11.2. The summed E-state index contributed by atoms with van der Waals surface area (Å²) in [5.41, 5.74) is 2.82. The molecule has 0 aromatic carbocycles. The van der Waals surface area contributed by atoms with Crippen molar-refractivity contribution >= 4 is 33.6 Å². The Morgan fingerprint density at radius 1 is 1.53 bits per heavy atom. The van der Waals surface area contributed by atoms with Crippen molar-refractivity contribution in [1.29, 1.82) is 0 Å². The fourth-order valence-corrected chi connectivity index (χ4v) is 3.97. The van der Waals surface area contributed by atoms with Crippen molar-refractivity contribution in [3.8, 4) is 10.6 Å². The van der Waals surface area contributed by atoms with E-state index in [4.69, 9.17) is 0 Å². The molecule has 0 aliphatic heterocycles. The van der Waals surface area contributed by atoms with Crippen LogP contribution in [-0.4, -0.2) is 20.5 Å². The third kappa shape index (κ3) is 1.79. The summed E-state index contributed by atoms with van der Waals surface area (Å²) < 4.78 is 1.98. The fraction of sp³-hybridized carbons (Fsp3) is 0.231. The third-order valence-corrected chi connectivity index (χ3v) is 5.09. The van der Waals surface area contributed by atoms with E-state index in [1.807, 2.05) is 28.8 Å². The first-order valence-electron chi connectivity index (χ1n) is 5.91. The van der Waals surface area contributed by atoms with Crippen molar-refractivity contribution < 1.29 is 9.90 Å². The number of aryl methyl sites for hydroxylation is 2. The van der Waals surface area contributed by atoms with E-state index in [2.05, 4.69) is 11.9 Å². The average molecular weight is 292 g/mol. The van der Waals surface area contributed by atoms with Crippen LogP contribution in [0.2, 0.25) is 0 Å². The molecule has 0 unspecified atom stereocenters. The van der Waals surface area contributed by atoms with Crippen LogP contribution < -0.4 is 0 Å². The molecule has 3 aromatic rings. The lowest BCUT2D eigenvalue weighted by Crippen LogP contribution is -1.99. The number of thiazole rings is 1. The topological polar surface area (TPSA) is 54.6 Å². The van der Waals surface area contributed by atoms with E-state index >= 15 is 0 Å². The number of aromatic carboxylic acids is 1. The Labute approximate surface area is 118 Å². The van der Waals surface area contributed by atoms with E-state index in [0.29, 0.717) is 4.88 Å². The third-order valence-electron chi connectivity index (χ3n) is 3.08. The number of carboxylic acids is 1. The second-order valence-corrected chi connectivity index (χ2v) is 6.10. The van der Waals surface area contributed by atoms with Gasteiger partial charge in [-0.1, -0.05) is 24.3 Å². The molecule has 0 spiro atoms. The molecule has 0 radical (unpaired) electrons. The van der Waals surface area contributed by atoms with Gasteiger partial charge in [0.2, 0.25) is 0 Å². The molecule has 3 heterocycles. The molecule has 3 rings (SSSR count). The predicted octanol–water partition coefficient (Wildman–Crippen LogP) is 3.69. The zero-order valence-corrected chi connectivity index (χ0v) is 12.1. The second-order valence-electron chi connectivity index (χ2n) is 4.18. The van der Waals surface area contributed by atoms with Crippen molar-refractivity contribution in [1.82, 2.24) is 9.38 Å². The van der Waals surface area contributed by atoms with Gasteiger partial charge >= 0.3 is 5.97 Å². The number of hydrogen-bond donors (Lipinski definition) is 1. The van der Waals surface area contributed by atoms with Crippen molar-refractivity contribution in [2.75, 3.05) is 0 Å². The van der Waals surface area contributed by atoms with Crippen molar-refractivity contribution in [3.05, 3.63) is 33.8 Å². The van der Waals surface area contributed by atoms with Crippen LogP contribution in [0.5, 0.6) is 0 Å². The molecule has 0 saturated heterocycles. The molecule has 3 aromatic heterocycles. The van der Waals surface area contributed by atoms with Crippen LogP contribution in [-0.2, 0) is 6.42 Å². The molecule has 6 heteroatoms. The maximum Gasteiger partial charge on any atom is 0.347 e. The Kier molecular flexibility index (Phi) is 2.91. The summed E-state index contributed by atoms with van der Waals surface area (Å²) in [6, 6.07) is 4.05. The molecule has 0 bridgehead atoms. The first-order valence-corrected chi connectivity index (χ1v) is 7.61. The monoisotopic (exact) mass is 292 g/mol. The Balaban J connectivity index is 2.31. The van der Waals surface area contributed by atoms with E-state index in [9.17, 15) is 9.90 Å². The van der Waals surface area contributed by atoms with E-state index in [1.54, 1.807) is 11.3 Å². The molecule has 0 amide bonds. The maximum atomic E-state index is 11.2. The average Bonchev–Trinajstić information content (AvgIpc) is 3.04. The van der Waals surface area contributed by atoms with Gasteiger partial charge in [-0.05, 0) is 24.8 Å². The number of carbonyl (C=O) groups is 1. The number of hydrogen-bond acceptors (Lipinski definition) is 4. The summed E-state index contributed by atoms with van der Waals surface area (Å²) in [5.74, 6) is -0.882. The lowest BCUT2D eigenvalue weighted by Gasteiger charge is -2.01. The Bertz CT molecular complexity index is 753. The highest BCUT2D eigenvalue weighted by atomic mass is 32.1. The van der Waals surface area contributed by atoms with Crippen molar-refractivity contribution in [2.24, 2.45) is 0 Å². The van der Waals surface area contributed by atoms with Gasteiger partial charge < -0.3 is 5.11 Å². The SMILES string of the molecule is CCc1c(-c2cccs2)nc2sc(C(=O)O)c(C)n12. The molecule has 0 fully saturated rings.